The van der Waals surface area contributed by atoms with Crippen LogP contribution in [0.15, 0.2) is 30.3 Å². The molecule has 2 atom stereocenters. The molecule has 0 bridgehead atoms. The molecule has 0 amide bonds. The lowest BCUT2D eigenvalue weighted by Gasteiger charge is -2.38. The van der Waals surface area contributed by atoms with Gasteiger partial charge in [0.1, 0.15) is 0 Å². The van der Waals surface area contributed by atoms with Crippen LogP contribution in [0.5, 0.6) is 0 Å². The molecule has 3 heteroatoms. The molecule has 16 heavy (non-hydrogen) atoms. The molecule has 3 nitrogen and oxygen atoms in total. The topological polar surface area (TPSA) is 32.7 Å². The molecule has 0 saturated carbocycles. The van der Waals surface area contributed by atoms with E-state index in [2.05, 4.69) is 36.1 Å². The van der Waals surface area contributed by atoms with Gasteiger partial charge in [0, 0.05) is 19.1 Å². The first kappa shape index (κ1) is 11.6. The first-order valence-corrected chi connectivity index (χ1v) is 5.81. The zero-order valence-corrected chi connectivity index (χ0v) is 9.67. The summed E-state index contributed by atoms with van der Waals surface area (Å²) in [6, 6.07) is 10.7. The molecule has 0 aromatic heterocycles. The van der Waals surface area contributed by atoms with Gasteiger partial charge < -0.3 is 9.84 Å². The van der Waals surface area contributed by atoms with Crippen LogP contribution in [0, 0.1) is 0 Å². The molecule has 1 aliphatic rings. The van der Waals surface area contributed by atoms with Gasteiger partial charge in [0.2, 0.25) is 0 Å². The van der Waals surface area contributed by atoms with E-state index in [4.69, 9.17) is 4.74 Å². The smallest absolute Gasteiger partial charge is 0.0958 e. The zero-order valence-electron chi connectivity index (χ0n) is 9.67. The van der Waals surface area contributed by atoms with Gasteiger partial charge in [-0.15, -0.1) is 0 Å². The van der Waals surface area contributed by atoms with Crippen LogP contribution < -0.4 is 0 Å². The third kappa shape index (κ3) is 2.61. The van der Waals surface area contributed by atoms with Crippen molar-refractivity contribution in [1.29, 1.82) is 0 Å². The van der Waals surface area contributed by atoms with Crippen LogP contribution in [0.4, 0.5) is 0 Å². The standard InChI is InChI=1S/C13H19NO2/c1-11-13(10-15)16-8-7-14(11)9-12-5-3-2-4-6-12/h2-6,11,13,15H,7-10H2,1H3/t11-,13+/m1/s1. The molecule has 1 fully saturated rings. The third-order valence-corrected chi connectivity index (χ3v) is 3.23. The maximum absolute atomic E-state index is 9.19. The molecule has 0 unspecified atom stereocenters. The third-order valence-electron chi connectivity index (χ3n) is 3.23. The molecule has 1 saturated heterocycles. The number of aliphatic hydroxyl groups excluding tert-OH is 1. The molecule has 1 aromatic rings. The maximum Gasteiger partial charge on any atom is 0.0958 e. The highest BCUT2D eigenvalue weighted by molar-refractivity contribution is 5.14. The highest BCUT2D eigenvalue weighted by atomic mass is 16.5. The Hall–Kier alpha value is -0.900. The van der Waals surface area contributed by atoms with Gasteiger partial charge in [-0.05, 0) is 12.5 Å². The number of hydrogen-bond acceptors (Lipinski definition) is 3. The van der Waals surface area contributed by atoms with E-state index in [-0.39, 0.29) is 18.8 Å². The summed E-state index contributed by atoms with van der Waals surface area (Å²) in [7, 11) is 0. The molecule has 0 radical (unpaired) electrons. The summed E-state index contributed by atoms with van der Waals surface area (Å²) in [5, 5.41) is 9.19. The largest absolute Gasteiger partial charge is 0.394 e. The lowest BCUT2D eigenvalue weighted by atomic mass is 10.1. The maximum atomic E-state index is 9.19. The fraction of sp³-hybridized carbons (Fsp3) is 0.538. The van der Waals surface area contributed by atoms with E-state index in [1.165, 1.54) is 5.56 Å². The van der Waals surface area contributed by atoms with Crippen molar-refractivity contribution in [3.63, 3.8) is 0 Å². The number of rotatable bonds is 3. The van der Waals surface area contributed by atoms with E-state index < -0.39 is 0 Å². The zero-order chi connectivity index (χ0) is 11.4. The number of morpholine rings is 1. The van der Waals surface area contributed by atoms with Crippen molar-refractivity contribution in [1.82, 2.24) is 4.90 Å². The number of benzene rings is 1. The van der Waals surface area contributed by atoms with E-state index in [0.29, 0.717) is 6.61 Å². The summed E-state index contributed by atoms with van der Waals surface area (Å²) in [6.07, 6.45) is -0.0440. The van der Waals surface area contributed by atoms with E-state index in [1.54, 1.807) is 0 Å². The minimum atomic E-state index is -0.0440. The summed E-state index contributed by atoms with van der Waals surface area (Å²) < 4.78 is 5.52. The molecule has 1 heterocycles. The Labute approximate surface area is 96.6 Å². The molecular weight excluding hydrogens is 202 g/mol. The van der Waals surface area contributed by atoms with E-state index in [0.717, 1.165) is 13.1 Å². The Morgan fingerprint density at radius 1 is 1.38 bits per heavy atom. The summed E-state index contributed by atoms with van der Waals surface area (Å²) in [6.45, 7) is 4.80. The first-order valence-electron chi connectivity index (χ1n) is 5.81. The van der Waals surface area contributed by atoms with Crippen molar-refractivity contribution in [3.05, 3.63) is 35.9 Å². The van der Waals surface area contributed by atoms with Crippen LogP contribution in [-0.2, 0) is 11.3 Å². The molecule has 88 valence electrons. The molecule has 0 aliphatic carbocycles. The highest BCUT2D eigenvalue weighted by Crippen LogP contribution is 2.16. The predicted octanol–water partition coefficient (Wildman–Crippen LogP) is 1.27. The van der Waals surface area contributed by atoms with Crippen molar-refractivity contribution >= 4 is 0 Å². The van der Waals surface area contributed by atoms with E-state index in [9.17, 15) is 5.11 Å². The average molecular weight is 221 g/mol. The SMILES string of the molecule is C[C@@H]1[C@H](CO)OCCN1Cc1ccccc1. The van der Waals surface area contributed by atoms with Crippen LogP contribution >= 0.6 is 0 Å². The van der Waals surface area contributed by atoms with Crippen molar-refractivity contribution < 1.29 is 9.84 Å². The second-order valence-corrected chi connectivity index (χ2v) is 4.29. The Balaban J connectivity index is 1.99. The molecular formula is C13H19NO2. The summed E-state index contributed by atoms with van der Waals surface area (Å²) in [5.41, 5.74) is 1.31. The Bertz CT molecular complexity index is 315. The Kier molecular flexibility index (Phi) is 3.93. The number of nitrogens with zero attached hydrogens (tertiary/aromatic N) is 1. The molecule has 1 aliphatic heterocycles. The predicted molar refractivity (Wildman–Crippen MR) is 63.1 cm³/mol. The van der Waals surface area contributed by atoms with Gasteiger partial charge in [0.15, 0.2) is 0 Å². The first-order chi connectivity index (χ1) is 7.81. The quantitative estimate of drug-likeness (QED) is 0.834. The molecule has 1 N–H and O–H groups in total. The fourth-order valence-electron chi connectivity index (χ4n) is 2.15. The minimum absolute atomic E-state index is 0.0440. The van der Waals surface area contributed by atoms with Crippen LogP contribution in [0.2, 0.25) is 0 Å². The Morgan fingerprint density at radius 2 is 2.12 bits per heavy atom. The second-order valence-electron chi connectivity index (χ2n) is 4.29. The summed E-state index contributed by atoms with van der Waals surface area (Å²) >= 11 is 0. The molecule has 2 rings (SSSR count). The molecule has 1 aromatic carbocycles. The average Bonchev–Trinajstić information content (AvgIpc) is 2.33. The lowest BCUT2D eigenvalue weighted by Crippen LogP contribution is -2.50. The second kappa shape index (κ2) is 5.43. The highest BCUT2D eigenvalue weighted by Gasteiger charge is 2.27. The number of aliphatic hydroxyl groups is 1. The van der Waals surface area contributed by atoms with Crippen molar-refractivity contribution in [2.24, 2.45) is 0 Å². The molecule has 0 spiro atoms. The van der Waals surface area contributed by atoms with Gasteiger partial charge in [-0.3, -0.25) is 4.90 Å². The minimum Gasteiger partial charge on any atom is -0.394 e. The van der Waals surface area contributed by atoms with Crippen LogP contribution in [0.1, 0.15) is 12.5 Å². The van der Waals surface area contributed by atoms with E-state index >= 15 is 0 Å². The van der Waals surface area contributed by atoms with Crippen LogP contribution in [0.25, 0.3) is 0 Å². The Morgan fingerprint density at radius 3 is 2.81 bits per heavy atom. The normalized spacial score (nSPS) is 26.9. The monoisotopic (exact) mass is 221 g/mol. The number of ether oxygens (including phenoxy) is 1. The summed E-state index contributed by atoms with van der Waals surface area (Å²) in [5.74, 6) is 0. The van der Waals surface area contributed by atoms with Crippen LogP contribution in [0.3, 0.4) is 0 Å². The van der Waals surface area contributed by atoms with Gasteiger partial charge in [-0.25, -0.2) is 0 Å². The van der Waals surface area contributed by atoms with Crippen LogP contribution in [-0.4, -0.2) is 41.9 Å². The van der Waals surface area contributed by atoms with Gasteiger partial charge in [0.25, 0.3) is 0 Å². The van der Waals surface area contributed by atoms with Gasteiger partial charge >= 0.3 is 0 Å². The van der Waals surface area contributed by atoms with Gasteiger partial charge in [-0.2, -0.15) is 0 Å². The lowest BCUT2D eigenvalue weighted by molar-refractivity contribution is -0.0883. The van der Waals surface area contributed by atoms with E-state index in [1.807, 2.05) is 6.07 Å². The van der Waals surface area contributed by atoms with Crippen molar-refractivity contribution in [2.75, 3.05) is 19.8 Å². The van der Waals surface area contributed by atoms with Crippen molar-refractivity contribution in [3.8, 4) is 0 Å². The van der Waals surface area contributed by atoms with Gasteiger partial charge in [0.05, 0.1) is 19.3 Å². The van der Waals surface area contributed by atoms with Gasteiger partial charge in [-0.1, -0.05) is 30.3 Å². The summed E-state index contributed by atoms with van der Waals surface area (Å²) in [4.78, 5) is 2.36. The fourth-order valence-corrected chi connectivity index (χ4v) is 2.15. The number of hydrogen-bond donors (Lipinski definition) is 1. The van der Waals surface area contributed by atoms with Crippen molar-refractivity contribution in [2.45, 2.75) is 25.6 Å².